The molecule has 1 amide bonds. The molecular weight excluding hydrogens is 335 g/mol. The van der Waals surface area contributed by atoms with Crippen LogP contribution in [0.25, 0.3) is 0 Å². The number of hydrogen-bond donors (Lipinski definition) is 1. The van der Waals surface area contributed by atoms with E-state index in [0.717, 1.165) is 18.4 Å². The fraction of sp³-hybridized carbons (Fsp3) is 0.500. The number of carbonyl (C=O) groups excluding carboxylic acids is 1. The minimum Gasteiger partial charge on any atom is -0.318 e. The third kappa shape index (κ3) is 5.94. The molecule has 6 heteroatoms. The zero-order valence-corrected chi connectivity index (χ0v) is 12.9. The van der Waals surface area contributed by atoms with Crippen molar-refractivity contribution in [1.82, 2.24) is 0 Å². The van der Waals surface area contributed by atoms with Crippen molar-refractivity contribution in [3.05, 3.63) is 29.8 Å². The Morgan fingerprint density at radius 3 is 2.25 bits per heavy atom. The van der Waals surface area contributed by atoms with Crippen LogP contribution in [0.4, 0.5) is 18.9 Å². The third-order valence-electron chi connectivity index (χ3n) is 2.65. The highest BCUT2D eigenvalue weighted by Crippen LogP contribution is 2.21. The second kappa shape index (κ2) is 7.11. The number of nitrogens with one attached hydrogen (secondary N) is 1. The van der Waals surface area contributed by atoms with Gasteiger partial charge in [0.05, 0.1) is 0 Å². The predicted octanol–water partition coefficient (Wildman–Crippen LogP) is 4.54. The molecule has 1 atom stereocenters. The predicted molar refractivity (Wildman–Crippen MR) is 77.0 cm³/mol. The molecule has 1 unspecified atom stereocenters. The maximum atomic E-state index is 12.1. The molecule has 0 fully saturated rings. The fourth-order valence-corrected chi connectivity index (χ4v) is 2.90. The molecule has 0 saturated carbocycles. The summed E-state index contributed by atoms with van der Waals surface area (Å²) in [5.41, 5.74) is 1.16. The van der Waals surface area contributed by atoms with Crippen LogP contribution in [-0.2, 0) is 11.2 Å². The molecule has 0 aromatic heterocycles. The Morgan fingerprint density at radius 1 is 1.25 bits per heavy atom. The van der Waals surface area contributed by atoms with Gasteiger partial charge in [0, 0.05) is 10.5 Å². The lowest BCUT2D eigenvalue weighted by atomic mass is 10.0. The molecule has 0 spiro atoms. The van der Waals surface area contributed by atoms with Crippen molar-refractivity contribution in [1.29, 1.82) is 0 Å². The van der Waals surface area contributed by atoms with Gasteiger partial charge in [0.1, 0.15) is 0 Å². The first-order valence-electron chi connectivity index (χ1n) is 6.29. The molecule has 112 valence electrons. The second-order valence-corrected chi connectivity index (χ2v) is 6.37. The van der Waals surface area contributed by atoms with Gasteiger partial charge in [-0.25, -0.2) is 0 Å². The molecule has 0 saturated heterocycles. The highest BCUT2D eigenvalue weighted by molar-refractivity contribution is 9.09. The summed E-state index contributed by atoms with van der Waals surface area (Å²) >= 11 is 3.58. The summed E-state index contributed by atoms with van der Waals surface area (Å²) < 4.78 is 36.3. The minimum atomic E-state index is -4.86. The number of rotatable bonds is 5. The standard InChI is InChI=1S/C14H17BrF3NO/c1-9(2)7-11(15)8-10-3-5-12(6-4-10)19-13(20)14(16,17)18/h3-6,9,11H,7-8H2,1-2H3,(H,19,20). The summed E-state index contributed by atoms with van der Waals surface area (Å²) in [5, 5.41) is 1.82. The number of halogens is 4. The Morgan fingerprint density at radius 2 is 1.80 bits per heavy atom. The van der Waals surface area contributed by atoms with Crippen LogP contribution in [0, 0.1) is 5.92 Å². The quantitative estimate of drug-likeness (QED) is 0.775. The van der Waals surface area contributed by atoms with Crippen LogP contribution >= 0.6 is 15.9 Å². The van der Waals surface area contributed by atoms with Crippen molar-refractivity contribution in [3.8, 4) is 0 Å². The van der Waals surface area contributed by atoms with E-state index in [0.29, 0.717) is 10.7 Å². The average molecular weight is 352 g/mol. The zero-order valence-electron chi connectivity index (χ0n) is 11.3. The Kier molecular flexibility index (Phi) is 6.05. The number of carbonyl (C=O) groups is 1. The molecule has 2 nitrogen and oxygen atoms in total. The van der Waals surface area contributed by atoms with E-state index in [2.05, 4.69) is 29.8 Å². The van der Waals surface area contributed by atoms with E-state index in [1.54, 1.807) is 12.1 Å². The van der Waals surface area contributed by atoms with Crippen molar-refractivity contribution in [2.75, 3.05) is 5.32 Å². The Balaban J connectivity index is 2.59. The van der Waals surface area contributed by atoms with E-state index < -0.39 is 12.1 Å². The number of anilines is 1. The monoisotopic (exact) mass is 351 g/mol. The second-order valence-electron chi connectivity index (χ2n) is 5.08. The van der Waals surface area contributed by atoms with Crippen molar-refractivity contribution in [2.45, 2.75) is 37.7 Å². The SMILES string of the molecule is CC(C)CC(Br)Cc1ccc(NC(=O)C(F)(F)F)cc1. The fourth-order valence-electron chi connectivity index (χ4n) is 1.78. The van der Waals surface area contributed by atoms with Crippen LogP contribution in [0.1, 0.15) is 25.8 Å². The molecule has 0 aliphatic carbocycles. The smallest absolute Gasteiger partial charge is 0.318 e. The Bertz CT molecular complexity index is 443. The van der Waals surface area contributed by atoms with E-state index in [-0.39, 0.29) is 5.69 Å². The van der Waals surface area contributed by atoms with Crippen LogP contribution in [-0.4, -0.2) is 16.9 Å². The van der Waals surface area contributed by atoms with Gasteiger partial charge in [-0.1, -0.05) is 41.9 Å². The van der Waals surface area contributed by atoms with Crippen molar-refractivity contribution in [3.63, 3.8) is 0 Å². The molecule has 1 rings (SSSR count). The lowest BCUT2D eigenvalue weighted by molar-refractivity contribution is -0.167. The highest BCUT2D eigenvalue weighted by Gasteiger charge is 2.38. The maximum absolute atomic E-state index is 12.1. The van der Waals surface area contributed by atoms with Crippen LogP contribution < -0.4 is 5.32 Å². The Hall–Kier alpha value is -1.04. The molecule has 0 aliphatic heterocycles. The van der Waals surface area contributed by atoms with Gasteiger partial charge >= 0.3 is 12.1 Å². The molecule has 0 bridgehead atoms. The van der Waals surface area contributed by atoms with Gasteiger partial charge in [0.15, 0.2) is 0 Å². The number of amides is 1. The number of alkyl halides is 4. The summed E-state index contributed by atoms with van der Waals surface area (Å²) in [5.74, 6) is -1.38. The number of benzene rings is 1. The minimum absolute atomic E-state index is 0.144. The van der Waals surface area contributed by atoms with Gasteiger partial charge in [0.25, 0.3) is 0 Å². The van der Waals surface area contributed by atoms with Gasteiger partial charge in [-0.3, -0.25) is 4.79 Å². The average Bonchev–Trinajstić information content (AvgIpc) is 2.29. The molecule has 0 heterocycles. The van der Waals surface area contributed by atoms with E-state index in [1.165, 1.54) is 12.1 Å². The first-order chi connectivity index (χ1) is 9.18. The highest BCUT2D eigenvalue weighted by atomic mass is 79.9. The van der Waals surface area contributed by atoms with Crippen molar-refractivity contribution < 1.29 is 18.0 Å². The van der Waals surface area contributed by atoms with Crippen LogP contribution in [0.5, 0.6) is 0 Å². The maximum Gasteiger partial charge on any atom is 0.471 e. The lowest BCUT2D eigenvalue weighted by Crippen LogP contribution is -2.29. The summed E-state index contributed by atoms with van der Waals surface area (Å²) in [6.07, 6.45) is -3.05. The molecular formula is C14H17BrF3NO. The van der Waals surface area contributed by atoms with Gasteiger partial charge < -0.3 is 5.32 Å². The first-order valence-corrected chi connectivity index (χ1v) is 7.21. The Labute approximate surface area is 124 Å². The van der Waals surface area contributed by atoms with Gasteiger partial charge in [-0.15, -0.1) is 0 Å². The molecule has 0 aliphatic rings. The third-order valence-corrected chi connectivity index (χ3v) is 3.35. The van der Waals surface area contributed by atoms with Crippen LogP contribution in [0.15, 0.2) is 24.3 Å². The van der Waals surface area contributed by atoms with E-state index in [9.17, 15) is 18.0 Å². The molecule has 0 radical (unpaired) electrons. The van der Waals surface area contributed by atoms with Gasteiger partial charge in [-0.05, 0) is 36.5 Å². The molecule has 1 N–H and O–H groups in total. The zero-order chi connectivity index (χ0) is 15.3. The van der Waals surface area contributed by atoms with Crippen molar-refractivity contribution in [2.24, 2.45) is 5.92 Å². The normalized spacial score (nSPS) is 13.3. The largest absolute Gasteiger partial charge is 0.471 e. The van der Waals surface area contributed by atoms with Gasteiger partial charge in [-0.2, -0.15) is 13.2 Å². The summed E-state index contributed by atoms with van der Waals surface area (Å²) in [6, 6.07) is 6.41. The van der Waals surface area contributed by atoms with Crippen LogP contribution in [0.2, 0.25) is 0 Å². The van der Waals surface area contributed by atoms with E-state index in [4.69, 9.17) is 0 Å². The van der Waals surface area contributed by atoms with E-state index in [1.807, 2.05) is 5.32 Å². The molecule has 1 aromatic rings. The molecule has 1 aromatic carbocycles. The first kappa shape index (κ1) is 17.0. The van der Waals surface area contributed by atoms with E-state index >= 15 is 0 Å². The van der Waals surface area contributed by atoms with Gasteiger partial charge in [0.2, 0.25) is 0 Å². The lowest BCUT2D eigenvalue weighted by Gasteiger charge is -2.13. The number of hydrogen-bond acceptors (Lipinski definition) is 1. The van der Waals surface area contributed by atoms with Crippen molar-refractivity contribution >= 4 is 27.5 Å². The summed E-state index contributed by atoms with van der Waals surface area (Å²) in [6.45, 7) is 4.26. The topological polar surface area (TPSA) is 29.1 Å². The summed E-state index contributed by atoms with van der Waals surface area (Å²) in [4.78, 5) is 11.1. The summed E-state index contributed by atoms with van der Waals surface area (Å²) in [7, 11) is 0. The molecule has 20 heavy (non-hydrogen) atoms. The van der Waals surface area contributed by atoms with Crippen LogP contribution in [0.3, 0.4) is 0 Å².